The second-order valence-electron chi connectivity index (χ2n) is 15.8. The van der Waals surface area contributed by atoms with Gasteiger partial charge in [-0.2, -0.15) is 0 Å². The van der Waals surface area contributed by atoms with Gasteiger partial charge in [0.1, 0.15) is 6.10 Å². The van der Waals surface area contributed by atoms with Gasteiger partial charge in [-0.3, -0.25) is 0 Å². The fraction of sp³-hybridized carbons (Fsp3) is 0.921. The van der Waals surface area contributed by atoms with Gasteiger partial charge in [-0.15, -0.1) is 0 Å². The fourth-order valence-corrected chi connectivity index (χ4v) is 10.0. The van der Waals surface area contributed by atoms with E-state index >= 15 is 0 Å². The van der Waals surface area contributed by atoms with E-state index in [1.807, 2.05) is 7.05 Å². The molecule has 3 fully saturated rings. The predicted molar refractivity (Wildman–Crippen MR) is 182 cm³/mol. The summed E-state index contributed by atoms with van der Waals surface area (Å²) in [5, 5.41) is 5.98. The summed E-state index contributed by atoms with van der Waals surface area (Å²) in [7, 11) is 1.91. The molecule has 1 amide bonds. The van der Waals surface area contributed by atoms with Gasteiger partial charge in [-0.05, 0) is 105 Å². The van der Waals surface area contributed by atoms with Crippen LogP contribution in [-0.4, -0.2) is 72.0 Å². The van der Waals surface area contributed by atoms with E-state index in [9.17, 15) is 4.79 Å². The predicted octanol–water partition coefficient (Wildman–Crippen LogP) is 7.78. The number of allylic oxidation sites excluding steroid dienone is 1. The van der Waals surface area contributed by atoms with Crippen molar-refractivity contribution in [3.05, 3.63) is 11.6 Å². The highest BCUT2D eigenvalue weighted by Gasteiger charge is 2.59. The van der Waals surface area contributed by atoms with Crippen molar-refractivity contribution in [3.8, 4) is 0 Å². The Labute approximate surface area is 275 Å². The zero-order valence-electron chi connectivity index (χ0n) is 29.8. The van der Waals surface area contributed by atoms with Crippen LogP contribution in [0.1, 0.15) is 112 Å². The maximum Gasteiger partial charge on any atom is 0.407 e. The third kappa shape index (κ3) is 9.70. The number of ether oxygens (including phenoxy) is 4. The summed E-state index contributed by atoms with van der Waals surface area (Å²) in [6.07, 6.45) is 17.2. The topological polar surface area (TPSA) is 78.0 Å². The molecular weight excluding hydrogens is 564 g/mol. The number of likely N-dealkylation sites (N-methyl/N-ethyl adjacent to an activating group) is 1. The molecule has 4 rings (SSSR count). The van der Waals surface area contributed by atoms with Crippen molar-refractivity contribution >= 4 is 6.09 Å². The molecule has 0 aliphatic heterocycles. The zero-order valence-corrected chi connectivity index (χ0v) is 29.8. The average Bonchev–Trinajstić information content (AvgIpc) is 3.37. The summed E-state index contributed by atoms with van der Waals surface area (Å²) in [4.78, 5) is 12.6. The van der Waals surface area contributed by atoms with E-state index in [1.54, 1.807) is 5.57 Å². The van der Waals surface area contributed by atoms with Crippen LogP contribution in [0.15, 0.2) is 11.6 Å². The summed E-state index contributed by atoms with van der Waals surface area (Å²) in [6, 6.07) is 0. The van der Waals surface area contributed by atoms with E-state index in [4.69, 9.17) is 18.9 Å². The third-order valence-corrected chi connectivity index (χ3v) is 12.5. The lowest BCUT2D eigenvalue weighted by atomic mass is 9.47. The van der Waals surface area contributed by atoms with Gasteiger partial charge in [0.2, 0.25) is 0 Å². The maximum atomic E-state index is 12.6. The molecule has 7 heteroatoms. The van der Waals surface area contributed by atoms with Crippen LogP contribution in [0.2, 0.25) is 0 Å². The normalized spacial score (nSPS) is 33.2. The van der Waals surface area contributed by atoms with Crippen molar-refractivity contribution in [1.29, 1.82) is 0 Å². The van der Waals surface area contributed by atoms with Crippen LogP contribution in [0.4, 0.5) is 4.79 Å². The number of amides is 1. The van der Waals surface area contributed by atoms with Crippen LogP contribution in [0.3, 0.4) is 0 Å². The summed E-state index contributed by atoms with van der Waals surface area (Å²) >= 11 is 0. The van der Waals surface area contributed by atoms with E-state index in [2.05, 4.69) is 51.3 Å². The Balaban J connectivity index is 1.14. The molecular formula is C38H68N2O5. The molecule has 0 aromatic heterocycles. The lowest BCUT2D eigenvalue weighted by Gasteiger charge is -2.58. The number of rotatable bonds is 19. The Kier molecular flexibility index (Phi) is 14.5. The first-order chi connectivity index (χ1) is 21.7. The van der Waals surface area contributed by atoms with Crippen molar-refractivity contribution in [1.82, 2.24) is 10.6 Å². The van der Waals surface area contributed by atoms with E-state index in [0.717, 1.165) is 67.7 Å². The molecule has 0 bridgehead atoms. The molecule has 3 saturated carbocycles. The second kappa shape index (κ2) is 17.8. The van der Waals surface area contributed by atoms with Crippen molar-refractivity contribution in [2.24, 2.45) is 46.3 Å². The van der Waals surface area contributed by atoms with Gasteiger partial charge in [0.05, 0.1) is 33.0 Å². The van der Waals surface area contributed by atoms with Crippen molar-refractivity contribution in [3.63, 3.8) is 0 Å². The average molecular weight is 633 g/mol. The first-order valence-electron chi connectivity index (χ1n) is 18.7. The molecule has 260 valence electrons. The quantitative estimate of drug-likeness (QED) is 0.112. The molecule has 4 aliphatic carbocycles. The Bertz CT molecular complexity index is 926. The molecule has 2 N–H and O–H groups in total. The number of fused-ring (bicyclic) bond motifs is 5. The van der Waals surface area contributed by atoms with Gasteiger partial charge in [0.15, 0.2) is 0 Å². The Morgan fingerprint density at radius 1 is 0.867 bits per heavy atom. The molecule has 0 saturated heterocycles. The lowest BCUT2D eigenvalue weighted by molar-refractivity contribution is -0.0581. The van der Waals surface area contributed by atoms with Gasteiger partial charge >= 0.3 is 6.09 Å². The minimum atomic E-state index is -0.285. The van der Waals surface area contributed by atoms with Crippen LogP contribution in [0.25, 0.3) is 0 Å². The molecule has 0 heterocycles. The summed E-state index contributed by atoms with van der Waals surface area (Å²) in [5.74, 6) is 5.10. The lowest BCUT2D eigenvalue weighted by Crippen LogP contribution is -2.51. The molecule has 8 atom stereocenters. The number of carbonyl (C=O) groups excluding carboxylic acids is 1. The summed E-state index contributed by atoms with van der Waals surface area (Å²) < 4.78 is 22.5. The number of nitrogens with one attached hydrogen (secondary N) is 2. The Morgan fingerprint density at radius 3 is 2.33 bits per heavy atom. The third-order valence-electron chi connectivity index (χ3n) is 12.5. The molecule has 0 radical (unpaired) electrons. The Morgan fingerprint density at radius 2 is 1.60 bits per heavy atom. The number of carbonyl (C=O) groups is 1. The number of hydrogen-bond acceptors (Lipinski definition) is 6. The van der Waals surface area contributed by atoms with Crippen LogP contribution in [0.5, 0.6) is 0 Å². The van der Waals surface area contributed by atoms with Crippen LogP contribution in [0, 0.1) is 46.3 Å². The van der Waals surface area contributed by atoms with E-state index in [-0.39, 0.29) is 17.6 Å². The van der Waals surface area contributed by atoms with Crippen molar-refractivity contribution < 1.29 is 23.7 Å². The summed E-state index contributed by atoms with van der Waals surface area (Å²) in [5.41, 5.74) is 2.38. The fourth-order valence-electron chi connectivity index (χ4n) is 10.0. The van der Waals surface area contributed by atoms with Crippen molar-refractivity contribution in [2.75, 3.05) is 59.8 Å². The number of alkyl carbamates (subject to hydrolysis) is 1. The minimum absolute atomic E-state index is 0.00658. The smallest absolute Gasteiger partial charge is 0.407 e. The monoisotopic (exact) mass is 633 g/mol. The molecule has 45 heavy (non-hydrogen) atoms. The molecule has 0 aromatic rings. The van der Waals surface area contributed by atoms with Crippen LogP contribution < -0.4 is 10.6 Å². The molecule has 0 aromatic carbocycles. The number of hydrogen-bond donors (Lipinski definition) is 2. The van der Waals surface area contributed by atoms with Gasteiger partial charge in [0, 0.05) is 26.1 Å². The zero-order chi connectivity index (χ0) is 32.3. The minimum Gasteiger partial charge on any atom is -0.446 e. The standard InChI is InChI=1S/C38H68N2O5/c1-28(2)9-7-10-29(3)33-13-14-34-32-12-11-30-27-31(15-17-37(30,4)35(32)16-18-38(33,34)5)45-36(41)40-19-8-21-42-23-25-44-26-24-43-22-20-39-6/h11,28-29,31-35,39H,7-10,12-27H2,1-6H3,(H,40,41). The first-order valence-corrected chi connectivity index (χ1v) is 18.7. The largest absolute Gasteiger partial charge is 0.446 e. The van der Waals surface area contributed by atoms with E-state index in [0.29, 0.717) is 51.6 Å². The highest BCUT2D eigenvalue weighted by atomic mass is 16.6. The van der Waals surface area contributed by atoms with Crippen molar-refractivity contribution in [2.45, 2.75) is 118 Å². The van der Waals surface area contributed by atoms with Crippen LogP contribution in [-0.2, 0) is 18.9 Å². The maximum absolute atomic E-state index is 12.6. The van der Waals surface area contributed by atoms with E-state index < -0.39 is 0 Å². The molecule has 4 aliphatic rings. The van der Waals surface area contributed by atoms with Gasteiger partial charge in [-0.1, -0.05) is 65.5 Å². The molecule has 7 nitrogen and oxygen atoms in total. The highest BCUT2D eigenvalue weighted by molar-refractivity contribution is 5.67. The SMILES string of the molecule is CNCCOCCOCCOCCCNC(=O)OC1CCC2(C)C(=CCC3C2CCC2(C)C(C(C)CCCC(C)C)CCC32)C1. The van der Waals surface area contributed by atoms with Gasteiger partial charge < -0.3 is 29.6 Å². The highest BCUT2D eigenvalue weighted by Crippen LogP contribution is 2.67. The van der Waals surface area contributed by atoms with Gasteiger partial charge in [-0.25, -0.2) is 4.79 Å². The first kappa shape index (κ1) is 36.7. The molecule has 8 unspecified atom stereocenters. The summed E-state index contributed by atoms with van der Waals surface area (Å²) in [6.45, 7) is 17.5. The van der Waals surface area contributed by atoms with Crippen LogP contribution >= 0.6 is 0 Å². The van der Waals surface area contributed by atoms with E-state index in [1.165, 1.54) is 51.4 Å². The molecule has 0 spiro atoms. The van der Waals surface area contributed by atoms with Gasteiger partial charge in [0.25, 0.3) is 0 Å². The second-order valence-corrected chi connectivity index (χ2v) is 15.8. The Hall–Kier alpha value is -1.15.